The minimum Gasteiger partial charge on any atom is -0.397 e. The van der Waals surface area contributed by atoms with Crippen molar-refractivity contribution in [2.75, 3.05) is 30.3 Å². The number of anilines is 2. The van der Waals surface area contributed by atoms with Crippen molar-refractivity contribution < 1.29 is 4.74 Å². The number of nitrogen functional groups attached to an aromatic ring is 1. The van der Waals surface area contributed by atoms with E-state index in [2.05, 4.69) is 46.5 Å². The van der Waals surface area contributed by atoms with Crippen molar-refractivity contribution in [3.63, 3.8) is 0 Å². The molecule has 0 aliphatic carbocycles. The van der Waals surface area contributed by atoms with Crippen molar-refractivity contribution >= 4 is 34.0 Å². The summed E-state index contributed by atoms with van der Waals surface area (Å²) in [5, 5.41) is 0. The first-order valence-corrected chi connectivity index (χ1v) is 7.20. The maximum absolute atomic E-state index is 6.08. The second-order valence-corrected chi connectivity index (χ2v) is 5.62. The SMILES string of the molecule is CCN(CC1CCCO1)c1ccc(I)cc1N. The largest absolute Gasteiger partial charge is 0.397 e. The Morgan fingerprint density at radius 1 is 1.53 bits per heavy atom. The van der Waals surface area contributed by atoms with Gasteiger partial charge in [0, 0.05) is 23.3 Å². The first-order chi connectivity index (χ1) is 8.20. The van der Waals surface area contributed by atoms with E-state index in [9.17, 15) is 0 Å². The molecule has 1 saturated heterocycles. The second kappa shape index (κ2) is 5.91. The minimum atomic E-state index is 0.369. The molecule has 0 saturated carbocycles. The van der Waals surface area contributed by atoms with Crippen LogP contribution in [0.1, 0.15) is 19.8 Å². The van der Waals surface area contributed by atoms with Gasteiger partial charge in [-0.3, -0.25) is 0 Å². The van der Waals surface area contributed by atoms with Crippen LogP contribution < -0.4 is 10.6 Å². The van der Waals surface area contributed by atoms with Gasteiger partial charge in [0.1, 0.15) is 0 Å². The van der Waals surface area contributed by atoms with Gasteiger partial charge in [0.2, 0.25) is 0 Å². The Balaban J connectivity index is 2.10. The highest BCUT2D eigenvalue weighted by molar-refractivity contribution is 14.1. The maximum atomic E-state index is 6.08. The van der Waals surface area contributed by atoms with Crippen molar-refractivity contribution in [3.05, 3.63) is 21.8 Å². The Hall–Kier alpha value is -0.490. The quantitative estimate of drug-likeness (QED) is 0.673. The van der Waals surface area contributed by atoms with Crippen LogP contribution in [0.5, 0.6) is 0 Å². The average molecular weight is 346 g/mol. The highest BCUT2D eigenvalue weighted by Crippen LogP contribution is 2.26. The zero-order chi connectivity index (χ0) is 12.3. The van der Waals surface area contributed by atoms with Gasteiger partial charge < -0.3 is 15.4 Å². The van der Waals surface area contributed by atoms with Gasteiger partial charge in [-0.15, -0.1) is 0 Å². The zero-order valence-electron chi connectivity index (χ0n) is 10.2. The molecule has 0 spiro atoms. The van der Waals surface area contributed by atoms with Gasteiger partial charge in [-0.1, -0.05) is 0 Å². The van der Waals surface area contributed by atoms with E-state index < -0.39 is 0 Å². The van der Waals surface area contributed by atoms with Crippen LogP contribution in [-0.4, -0.2) is 25.8 Å². The van der Waals surface area contributed by atoms with Gasteiger partial charge in [0.05, 0.1) is 17.5 Å². The van der Waals surface area contributed by atoms with Gasteiger partial charge in [-0.2, -0.15) is 0 Å². The van der Waals surface area contributed by atoms with Crippen LogP contribution in [-0.2, 0) is 4.74 Å². The fourth-order valence-electron chi connectivity index (χ4n) is 2.25. The number of nitrogens with two attached hydrogens (primary N) is 1. The molecule has 3 nitrogen and oxygen atoms in total. The normalized spacial score (nSPS) is 19.5. The smallest absolute Gasteiger partial charge is 0.0750 e. The summed E-state index contributed by atoms with van der Waals surface area (Å²) in [6.07, 6.45) is 2.72. The van der Waals surface area contributed by atoms with E-state index in [0.29, 0.717) is 6.10 Å². The van der Waals surface area contributed by atoms with E-state index in [-0.39, 0.29) is 0 Å². The summed E-state index contributed by atoms with van der Waals surface area (Å²) in [4.78, 5) is 2.31. The summed E-state index contributed by atoms with van der Waals surface area (Å²) in [7, 11) is 0. The molecule has 4 heteroatoms. The summed E-state index contributed by atoms with van der Waals surface area (Å²) in [5.41, 5.74) is 8.07. The van der Waals surface area contributed by atoms with E-state index in [4.69, 9.17) is 10.5 Å². The Labute approximate surface area is 116 Å². The average Bonchev–Trinajstić information content (AvgIpc) is 2.79. The van der Waals surface area contributed by atoms with Crippen LogP contribution in [0.25, 0.3) is 0 Å². The number of ether oxygens (including phenoxy) is 1. The topological polar surface area (TPSA) is 38.5 Å². The first kappa shape index (κ1) is 13.0. The van der Waals surface area contributed by atoms with Crippen molar-refractivity contribution in [3.8, 4) is 0 Å². The van der Waals surface area contributed by atoms with Crippen molar-refractivity contribution in [1.82, 2.24) is 0 Å². The summed E-state index contributed by atoms with van der Waals surface area (Å²) in [6.45, 7) is 4.97. The molecule has 1 aromatic rings. The van der Waals surface area contributed by atoms with Gasteiger partial charge in [0.25, 0.3) is 0 Å². The van der Waals surface area contributed by atoms with Gasteiger partial charge >= 0.3 is 0 Å². The molecule has 0 aromatic heterocycles. The van der Waals surface area contributed by atoms with Gasteiger partial charge in [0.15, 0.2) is 0 Å². The van der Waals surface area contributed by atoms with Crippen LogP contribution in [0, 0.1) is 3.57 Å². The molecule has 1 fully saturated rings. The lowest BCUT2D eigenvalue weighted by Crippen LogP contribution is -2.32. The Morgan fingerprint density at radius 2 is 2.35 bits per heavy atom. The third-order valence-corrected chi connectivity index (χ3v) is 3.83. The van der Waals surface area contributed by atoms with Gasteiger partial charge in [-0.05, 0) is 60.6 Å². The molecule has 0 amide bonds. The Morgan fingerprint density at radius 3 is 2.94 bits per heavy atom. The minimum absolute atomic E-state index is 0.369. The lowest BCUT2D eigenvalue weighted by molar-refractivity contribution is 0.116. The molecule has 17 heavy (non-hydrogen) atoms. The first-order valence-electron chi connectivity index (χ1n) is 6.12. The van der Waals surface area contributed by atoms with Crippen LogP contribution in [0.2, 0.25) is 0 Å². The number of rotatable bonds is 4. The fraction of sp³-hybridized carbons (Fsp3) is 0.538. The molecule has 94 valence electrons. The number of hydrogen-bond acceptors (Lipinski definition) is 3. The predicted molar refractivity (Wildman–Crippen MR) is 80.4 cm³/mol. The van der Waals surface area contributed by atoms with E-state index >= 15 is 0 Å². The molecule has 1 aromatic carbocycles. The lowest BCUT2D eigenvalue weighted by atomic mass is 10.2. The summed E-state index contributed by atoms with van der Waals surface area (Å²) < 4.78 is 6.86. The van der Waals surface area contributed by atoms with Gasteiger partial charge in [-0.25, -0.2) is 0 Å². The van der Waals surface area contributed by atoms with Crippen molar-refractivity contribution in [1.29, 1.82) is 0 Å². The molecule has 2 rings (SSSR count). The third kappa shape index (κ3) is 3.25. The molecule has 1 atom stereocenters. The Bertz CT molecular complexity index is 378. The number of nitrogens with zero attached hydrogens (tertiary/aromatic N) is 1. The molecular weight excluding hydrogens is 327 g/mol. The standard InChI is InChI=1S/C13H19IN2O/c1-2-16(9-11-4-3-7-17-11)13-6-5-10(14)8-12(13)15/h5-6,8,11H,2-4,7,9,15H2,1H3. The van der Waals surface area contributed by atoms with Crippen LogP contribution in [0.15, 0.2) is 18.2 Å². The van der Waals surface area contributed by atoms with Crippen molar-refractivity contribution in [2.45, 2.75) is 25.9 Å². The maximum Gasteiger partial charge on any atom is 0.0750 e. The molecule has 0 bridgehead atoms. The monoisotopic (exact) mass is 346 g/mol. The molecule has 2 N–H and O–H groups in total. The number of benzene rings is 1. The van der Waals surface area contributed by atoms with Crippen LogP contribution >= 0.6 is 22.6 Å². The lowest BCUT2D eigenvalue weighted by Gasteiger charge is -2.27. The van der Waals surface area contributed by atoms with E-state index in [0.717, 1.165) is 31.1 Å². The molecule has 1 aliphatic rings. The zero-order valence-corrected chi connectivity index (χ0v) is 12.3. The molecule has 1 heterocycles. The summed E-state index contributed by atoms with van der Waals surface area (Å²) in [5.74, 6) is 0. The van der Waals surface area contributed by atoms with Crippen molar-refractivity contribution in [2.24, 2.45) is 0 Å². The molecule has 1 unspecified atom stereocenters. The Kier molecular flexibility index (Phi) is 4.50. The van der Waals surface area contributed by atoms with E-state index in [1.54, 1.807) is 0 Å². The molecule has 1 aliphatic heterocycles. The molecule has 0 radical (unpaired) electrons. The van der Waals surface area contributed by atoms with Crippen LogP contribution in [0.3, 0.4) is 0 Å². The fourth-order valence-corrected chi connectivity index (χ4v) is 2.76. The predicted octanol–water partition coefficient (Wildman–Crippen LogP) is 2.88. The summed E-state index contributed by atoms with van der Waals surface area (Å²) >= 11 is 2.28. The van der Waals surface area contributed by atoms with E-state index in [1.165, 1.54) is 16.4 Å². The van der Waals surface area contributed by atoms with E-state index in [1.807, 2.05) is 6.07 Å². The number of likely N-dealkylation sites (N-methyl/N-ethyl adjacent to an activating group) is 1. The second-order valence-electron chi connectivity index (χ2n) is 4.38. The third-order valence-electron chi connectivity index (χ3n) is 3.16. The number of hydrogen-bond donors (Lipinski definition) is 1. The highest BCUT2D eigenvalue weighted by Gasteiger charge is 2.19. The highest BCUT2D eigenvalue weighted by atomic mass is 127. The summed E-state index contributed by atoms with van der Waals surface area (Å²) in [6, 6.07) is 6.23. The number of halogens is 1. The van der Waals surface area contributed by atoms with Crippen LogP contribution in [0.4, 0.5) is 11.4 Å². The molecular formula is C13H19IN2O.